The summed E-state index contributed by atoms with van der Waals surface area (Å²) in [5.41, 5.74) is 5.45. The third-order valence-corrected chi connectivity index (χ3v) is 6.46. The molecule has 4 rings (SSSR count). The summed E-state index contributed by atoms with van der Waals surface area (Å²) in [5.74, 6) is 1.66. The second-order valence-electron chi connectivity index (χ2n) is 8.69. The van der Waals surface area contributed by atoms with Gasteiger partial charge in [0.15, 0.2) is 0 Å². The Morgan fingerprint density at radius 1 is 0.933 bits per heavy atom. The Balaban J connectivity index is 1.58. The molecule has 156 valence electrons. The molecule has 1 aliphatic heterocycles. The molecule has 1 aliphatic rings. The molecule has 0 amide bonds. The van der Waals surface area contributed by atoms with Gasteiger partial charge in [0.2, 0.25) is 0 Å². The molecular weight excluding hydrogens is 388 g/mol. The highest BCUT2D eigenvalue weighted by Crippen LogP contribution is 2.32. The number of halogens is 1. The Morgan fingerprint density at radius 2 is 1.70 bits per heavy atom. The van der Waals surface area contributed by atoms with Crippen molar-refractivity contribution in [1.82, 2.24) is 5.32 Å². The molecule has 0 aliphatic carbocycles. The van der Waals surface area contributed by atoms with Crippen LogP contribution in [0.15, 0.2) is 78.9 Å². The van der Waals surface area contributed by atoms with Gasteiger partial charge in [-0.15, -0.1) is 0 Å². The van der Waals surface area contributed by atoms with E-state index in [1.54, 1.807) is 0 Å². The zero-order chi connectivity index (χ0) is 20.9. The largest absolute Gasteiger partial charge is 0.367 e. The van der Waals surface area contributed by atoms with Crippen molar-refractivity contribution in [1.29, 1.82) is 0 Å². The van der Waals surface area contributed by atoms with Crippen LogP contribution < -0.4 is 10.2 Å². The van der Waals surface area contributed by atoms with Gasteiger partial charge in [-0.1, -0.05) is 80.0 Å². The molecule has 1 N–H and O–H groups in total. The lowest BCUT2D eigenvalue weighted by molar-refractivity contribution is 0.504. The summed E-state index contributed by atoms with van der Waals surface area (Å²) in [6.45, 7) is 8.55. The van der Waals surface area contributed by atoms with E-state index in [-0.39, 0.29) is 0 Å². The summed E-state index contributed by atoms with van der Waals surface area (Å²) < 4.78 is 0. The summed E-state index contributed by atoms with van der Waals surface area (Å²) in [7, 11) is 0. The van der Waals surface area contributed by atoms with Crippen molar-refractivity contribution in [2.24, 2.45) is 5.92 Å². The molecule has 1 fully saturated rings. The van der Waals surface area contributed by atoms with Gasteiger partial charge in [0.05, 0.1) is 0 Å². The van der Waals surface area contributed by atoms with Gasteiger partial charge in [0.25, 0.3) is 0 Å². The number of nitrogens with one attached hydrogen (secondary N) is 1. The molecular formula is C27H31ClN2. The first-order valence-corrected chi connectivity index (χ1v) is 11.3. The molecule has 1 saturated heterocycles. The Bertz CT molecular complexity index is 937. The average molecular weight is 419 g/mol. The second kappa shape index (κ2) is 9.68. The van der Waals surface area contributed by atoms with Crippen LogP contribution in [0.5, 0.6) is 0 Å². The Kier molecular flexibility index (Phi) is 6.76. The molecule has 3 heteroatoms. The quantitative estimate of drug-likeness (QED) is 0.472. The van der Waals surface area contributed by atoms with E-state index in [0.717, 1.165) is 31.2 Å². The van der Waals surface area contributed by atoms with Crippen LogP contribution in [0, 0.1) is 5.92 Å². The topological polar surface area (TPSA) is 15.3 Å². The van der Waals surface area contributed by atoms with E-state index in [4.69, 9.17) is 11.6 Å². The Morgan fingerprint density at radius 3 is 2.43 bits per heavy atom. The van der Waals surface area contributed by atoms with Gasteiger partial charge >= 0.3 is 0 Å². The van der Waals surface area contributed by atoms with E-state index < -0.39 is 0 Å². The van der Waals surface area contributed by atoms with Gasteiger partial charge in [0.1, 0.15) is 0 Å². The van der Waals surface area contributed by atoms with Crippen LogP contribution in [0.2, 0.25) is 5.02 Å². The standard InChI is InChI=1S/C27H31ClN2/c1-20(2)22-9-6-10-23(15-22)27-17-29-16-24(27)19-30(18-21-7-4-3-5-8-21)26-13-11-25(28)12-14-26/h3-15,20,24,27,29H,16-19H2,1-2H3/t24-,27+/m1/s1. The minimum absolute atomic E-state index is 0.536. The molecule has 30 heavy (non-hydrogen) atoms. The first-order valence-electron chi connectivity index (χ1n) is 10.9. The summed E-state index contributed by atoms with van der Waals surface area (Å²) in [5, 5.41) is 4.43. The summed E-state index contributed by atoms with van der Waals surface area (Å²) >= 11 is 6.16. The number of hydrogen-bond acceptors (Lipinski definition) is 2. The van der Waals surface area contributed by atoms with Crippen LogP contribution in [0.3, 0.4) is 0 Å². The van der Waals surface area contributed by atoms with Crippen molar-refractivity contribution < 1.29 is 0 Å². The van der Waals surface area contributed by atoms with Gasteiger partial charge < -0.3 is 10.2 Å². The maximum Gasteiger partial charge on any atom is 0.0429 e. The molecule has 0 radical (unpaired) electrons. The first-order chi connectivity index (χ1) is 14.6. The normalized spacial score (nSPS) is 18.7. The van der Waals surface area contributed by atoms with Crippen LogP contribution in [-0.4, -0.2) is 19.6 Å². The van der Waals surface area contributed by atoms with Gasteiger partial charge in [-0.3, -0.25) is 0 Å². The fourth-order valence-electron chi connectivity index (χ4n) is 4.46. The van der Waals surface area contributed by atoms with Crippen molar-refractivity contribution >= 4 is 17.3 Å². The maximum absolute atomic E-state index is 6.16. The number of hydrogen-bond donors (Lipinski definition) is 1. The summed E-state index contributed by atoms with van der Waals surface area (Å²) in [6.07, 6.45) is 0. The van der Waals surface area contributed by atoms with Gasteiger partial charge in [-0.25, -0.2) is 0 Å². The zero-order valence-electron chi connectivity index (χ0n) is 17.9. The van der Waals surface area contributed by atoms with Crippen LogP contribution in [-0.2, 0) is 6.54 Å². The van der Waals surface area contributed by atoms with Crippen molar-refractivity contribution in [2.75, 3.05) is 24.5 Å². The fourth-order valence-corrected chi connectivity index (χ4v) is 4.59. The fraction of sp³-hybridized carbons (Fsp3) is 0.333. The van der Waals surface area contributed by atoms with Crippen molar-refractivity contribution in [3.63, 3.8) is 0 Å². The number of anilines is 1. The predicted octanol–water partition coefficient (Wildman–Crippen LogP) is 6.47. The van der Waals surface area contributed by atoms with Crippen molar-refractivity contribution in [3.8, 4) is 0 Å². The third-order valence-electron chi connectivity index (χ3n) is 6.21. The van der Waals surface area contributed by atoms with Crippen LogP contribution in [0.25, 0.3) is 0 Å². The second-order valence-corrected chi connectivity index (χ2v) is 9.13. The number of benzene rings is 3. The Labute approximate surface area is 185 Å². The number of rotatable bonds is 7. The predicted molar refractivity (Wildman–Crippen MR) is 129 cm³/mol. The van der Waals surface area contributed by atoms with Crippen LogP contribution in [0.4, 0.5) is 5.69 Å². The number of nitrogens with zero attached hydrogens (tertiary/aromatic N) is 1. The monoisotopic (exact) mass is 418 g/mol. The molecule has 3 aromatic carbocycles. The average Bonchev–Trinajstić information content (AvgIpc) is 3.23. The molecule has 2 atom stereocenters. The molecule has 1 heterocycles. The third kappa shape index (κ3) is 5.06. The van der Waals surface area contributed by atoms with Gasteiger partial charge in [-0.2, -0.15) is 0 Å². The zero-order valence-corrected chi connectivity index (χ0v) is 18.6. The van der Waals surface area contributed by atoms with E-state index >= 15 is 0 Å². The van der Waals surface area contributed by atoms with Crippen molar-refractivity contribution in [2.45, 2.75) is 32.2 Å². The lowest BCUT2D eigenvalue weighted by Crippen LogP contribution is -2.32. The van der Waals surface area contributed by atoms with E-state index in [1.165, 1.54) is 22.4 Å². The molecule has 0 bridgehead atoms. The smallest absolute Gasteiger partial charge is 0.0429 e. The minimum Gasteiger partial charge on any atom is -0.367 e. The van der Waals surface area contributed by atoms with Gasteiger partial charge in [-0.05, 0) is 52.8 Å². The maximum atomic E-state index is 6.16. The van der Waals surface area contributed by atoms with Crippen LogP contribution >= 0.6 is 11.6 Å². The molecule has 0 spiro atoms. The lowest BCUT2D eigenvalue weighted by atomic mass is 9.86. The summed E-state index contributed by atoms with van der Waals surface area (Å²) in [4.78, 5) is 2.50. The molecule has 0 aromatic heterocycles. The SMILES string of the molecule is CC(C)c1cccc([C@@H]2CNC[C@@H]2CN(Cc2ccccc2)c2ccc(Cl)cc2)c1. The Hall–Kier alpha value is -2.29. The lowest BCUT2D eigenvalue weighted by Gasteiger charge is -2.30. The molecule has 0 unspecified atom stereocenters. The van der Waals surface area contributed by atoms with E-state index in [0.29, 0.717) is 17.8 Å². The summed E-state index contributed by atoms with van der Waals surface area (Å²) in [6, 6.07) is 28.2. The highest BCUT2D eigenvalue weighted by Gasteiger charge is 2.30. The van der Waals surface area contributed by atoms with Crippen LogP contribution in [0.1, 0.15) is 42.4 Å². The molecule has 0 saturated carbocycles. The molecule has 2 nitrogen and oxygen atoms in total. The van der Waals surface area contributed by atoms with E-state index in [1.807, 2.05) is 12.1 Å². The van der Waals surface area contributed by atoms with Crippen molar-refractivity contribution in [3.05, 3.63) is 101 Å². The highest BCUT2D eigenvalue weighted by atomic mass is 35.5. The minimum atomic E-state index is 0.536. The van der Waals surface area contributed by atoms with E-state index in [9.17, 15) is 0 Å². The van der Waals surface area contributed by atoms with Gasteiger partial charge in [0, 0.05) is 42.8 Å². The highest BCUT2D eigenvalue weighted by molar-refractivity contribution is 6.30. The first kappa shape index (κ1) is 21.0. The molecule has 3 aromatic rings. The van der Waals surface area contributed by atoms with E-state index in [2.05, 4.69) is 90.8 Å².